The number of nitrogens with zero attached hydrogens (tertiary/aromatic N) is 4. The number of nitriles is 1. The lowest BCUT2D eigenvalue weighted by Crippen LogP contribution is -2.05. The lowest BCUT2D eigenvalue weighted by molar-refractivity contribution is 0.275. The van der Waals surface area contributed by atoms with Gasteiger partial charge in [0.15, 0.2) is 17.2 Å². The van der Waals surface area contributed by atoms with Gasteiger partial charge in [0.25, 0.3) is 0 Å². The maximum absolute atomic E-state index is 8.88. The largest absolute Gasteiger partial charge is 0.493 e. The number of hydrogen-bond acceptors (Lipinski definition) is 5. The molecule has 6 heteroatoms. The second kappa shape index (κ2) is 5.19. The minimum absolute atomic E-state index is 0.215. The summed E-state index contributed by atoms with van der Waals surface area (Å²) in [5.74, 6) is 1.26. The topological polar surface area (TPSA) is 73.0 Å². The van der Waals surface area contributed by atoms with E-state index in [1.165, 1.54) is 4.68 Å². The van der Waals surface area contributed by atoms with Gasteiger partial charge in [-0.15, -0.1) is 5.10 Å². The molecule has 0 saturated heterocycles. The summed E-state index contributed by atoms with van der Waals surface area (Å²) in [7, 11) is 3.29. The number of benzene rings is 1. The molecule has 6 nitrogen and oxygen atoms in total. The van der Waals surface area contributed by atoms with Gasteiger partial charge < -0.3 is 9.47 Å². The Balaban J connectivity index is 2.17. The molecule has 92 valence electrons. The smallest absolute Gasteiger partial charge is 0.189 e. The Bertz CT molecular complexity index is 586. The van der Waals surface area contributed by atoms with Crippen molar-refractivity contribution in [3.8, 4) is 17.6 Å². The van der Waals surface area contributed by atoms with Gasteiger partial charge in [-0.2, -0.15) is 5.26 Å². The van der Waals surface area contributed by atoms with Crippen LogP contribution in [0.2, 0.25) is 0 Å². The van der Waals surface area contributed by atoms with Crippen LogP contribution in [0.1, 0.15) is 11.4 Å². The maximum atomic E-state index is 8.88. The molecule has 0 spiro atoms. The predicted molar refractivity (Wildman–Crippen MR) is 63.0 cm³/mol. The summed E-state index contributed by atoms with van der Waals surface area (Å²) in [6, 6.07) is 9.29. The average molecular weight is 244 g/mol. The van der Waals surface area contributed by atoms with Crippen molar-refractivity contribution in [2.45, 2.75) is 6.61 Å². The Morgan fingerprint density at radius 2 is 2.06 bits per heavy atom. The lowest BCUT2D eigenvalue weighted by atomic mass is 10.3. The van der Waals surface area contributed by atoms with Gasteiger partial charge in [-0.1, -0.05) is 17.3 Å². The normalized spacial score (nSPS) is 9.83. The van der Waals surface area contributed by atoms with E-state index >= 15 is 0 Å². The van der Waals surface area contributed by atoms with E-state index in [9.17, 15) is 0 Å². The molecule has 1 heterocycles. The summed E-state index contributed by atoms with van der Waals surface area (Å²) in [5, 5.41) is 16.4. The summed E-state index contributed by atoms with van der Waals surface area (Å²) < 4.78 is 12.3. The summed E-state index contributed by atoms with van der Waals surface area (Å²) in [4.78, 5) is 0. The highest BCUT2D eigenvalue weighted by molar-refractivity contribution is 5.39. The zero-order valence-electron chi connectivity index (χ0n) is 10.1. The standard InChI is InChI=1S/C12H12N4O2/c1-16-10(9(7-13)14-15-16)8-18-12-6-4-3-5-11(12)17-2/h3-6H,8H2,1-2H3. The number of ether oxygens (including phenoxy) is 2. The minimum Gasteiger partial charge on any atom is -0.493 e. The Morgan fingerprint density at radius 3 is 2.72 bits per heavy atom. The van der Waals surface area contributed by atoms with Crippen LogP contribution in [0.25, 0.3) is 0 Å². The molecule has 0 saturated carbocycles. The van der Waals surface area contributed by atoms with Gasteiger partial charge in [-0.25, -0.2) is 4.68 Å². The van der Waals surface area contributed by atoms with Crippen LogP contribution in [0.15, 0.2) is 24.3 Å². The zero-order valence-corrected chi connectivity index (χ0v) is 10.1. The summed E-state index contributed by atoms with van der Waals surface area (Å²) >= 11 is 0. The van der Waals surface area contributed by atoms with Gasteiger partial charge >= 0.3 is 0 Å². The highest BCUT2D eigenvalue weighted by Gasteiger charge is 2.11. The maximum Gasteiger partial charge on any atom is 0.189 e. The van der Waals surface area contributed by atoms with E-state index in [0.29, 0.717) is 17.2 Å². The van der Waals surface area contributed by atoms with Gasteiger partial charge in [0.2, 0.25) is 0 Å². The Hall–Kier alpha value is -2.55. The van der Waals surface area contributed by atoms with Crippen molar-refractivity contribution in [1.29, 1.82) is 5.26 Å². The molecule has 2 rings (SSSR count). The third kappa shape index (κ3) is 2.25. The number of rotatable bonds is 4. The van der Waals surface area contributed by atoms with Gasteiger partial charge in [0.1, 0.15) is 18.4 Å². The van der Waals surface area contributed by atoms with Gasteiger partial charge in [-0.05, 0) is 12.1 Å². The second-order valence-corrected chi connectivity index (χ2v) is 3.56. The molecule has 0 aliphatic heterocycles. The van der Waals surface area contributed by atoms with Crippen LogP contribution in [-0.2, 0) is 13.7 Å². The number of hydrogen-bond donors (Lipinski definition) is 0. The zero-order chi connectivity index (χ0) is 13.0. The molecule has 0 atom stereocenters. The van der Waals surface area contributed by atoms with Crippen molar-refractivity contribution in [3.63, 3.8) is 0 Å². The van der Waals surface area contributed by atoms with Crippen LogP contribution in [0.3, 0.4) is 0 Å². The molecular weight excluding hydrogens is 232 g/mol. The van der Waals surface area contributed by atoms with Crippen molar-refractivity contribution < 1.29 is 9.47 Å². The third-order valence-electron chi connectivity index (χ3n) is 2.48. The first-order valence-corrected chi connectivity index (χ1v) is 5.30. The first kappa shape index (κ1) is 11.9. The molecule has 0 radical (unpaired) electrons. The fraction of sp³-hybridized carbons (Fsp3) is 0.250. The van der Waals surface area contributed by atoms with Crippen molar-refractivity contribution in [2.75, 3.05) is 7.11 Å². The van der Waals surface area contributed by atoms with Crippen molar-refractivity contribution >= 4 is 0 Å². The molecular formula is C12H12N4O2. The molecule has 1 aromatic carbocycles. The molecule has 18 heavy (non-hydrogen) atoms. The highest BCUT2D eigenvalue weighted by atomic mass is 16.5. The van der Waals surface area contributed by atoms with Crippen molar-refractivity contribution in [3.05, 3.63) is 35.7 Å². The molecule has 0 aliphatic rings. The van der Waals surface area contributed by atoms with E-state index in [4.69, 9.17) is 14.7 Å². The number of methoxy groups -OCH3 is 1. The third-order valence-corrected chi connectivity index (χ3v) is 2.48. The van der Waals surface area contributed by atoms with Crippen LogP contribution in [0, 0.1) is 11.3 Å². The lowest BCUT2D eigenvalue weighted by Gasteiger charge is -2.09. The predicted octanol–water partition coefficient (Wildman–Crippen LogP) is 1.27. The van der Waals surface area contributed by atoms with Crippen LogP contribution in [0.4, 0.5) is 0 Å². The monoisotopic (exact) mass is 244 g/mol. The van der Waals surface area contributed by atoms with Gasteiger partial charge in [-0.3, -0.25) is 0 Å². The van der Waals surface area contributed by atoms with E-state index in [1.54, 1.807) is 20.2 Å². The van der Waals surface area contributed by atoms with E-state index in [1.807, 2.05) is 24.3 Å². The van der Waals surface area contributed by atoms with Gasteiger partial charge in [0, 0.05) is 7.05 Å². The molecule has 0 aliphatic carbocycles. The molecule has 0 unspecified atom stereocenters. The summed E-state index contributed by atoms with van der Waals surface area (Å²) in [6.45, 7) is 0.215. The van der Waals surface area contributed by atoms with Crippen LogP contribution < -0.4 is 9.47 Å². The fourth-order valence-electron chi connectivity index (χ4n) is 1.51. The Kier molecular flexibility index (Phi) is 3.44. The highest BCUT2D eigenvalue weighted by Crippen LogP contribution is 2.26. The van der Waals surface area contributed by atoms with Crippen LogP contribution in [0.5, 0.6) is 11.5 Å². The second-order valence-electron chi connectivity index (χ2n) is 3.56. The van der Waals surface area contributed by atoms with E-state index in [2.05, 4.69) is 10.3 Å². The van der Waals surface area contributed by atoms with E-state index in [0.717, 1.165) is 0 Å². The molecule has 0 fully saturated rings. The molecule has 2 aromatic rings. The van der Waals surface area contributed by atoms with E-state index in [-0.39, 0.29) is 12.3 Å². The number of aromatic nitrogens is 3. The SMILES string of the molecule is COc1ccccc1OCc1c(C#N)nnn1C. The molecule has 1 aromatic heterocycles. The van der Waals surface area contributed by atoms with Gasteiger partial charge in [0.05, 0.1) is 7.11 Å². The van der Waals surface area contributed by atoms with E-state index < -0.39 is 0 Å². The summed E-state index contributed by atoms with van der Waals surface area (Å²) in [5.41, 5.74) is 0.899. The summed E-state index contributed by atoms with van der Waals surface area (Å²) in [6.07, 6.45) is 0. The first-order valence-electron chi connectivity index (χ1n) is 5.30. The molecule has 0 amide bonds. The van der Waals surface area contributed by atoms with Crippen molar-refractivity contribution in [1.82, 2.24) is 15.0 Å². The molecule has 0 bridgehead atoms. The average Bonchev–Trinajstić information content (AvgIpc) is 2.77. The Labute approximate surface area is 104 Å². The number of para-hydroxylation sites is 2. The Morgan fingerprint density at radius 1 is 1.33 bits per heavy atom. The first-order chi connectivity index (χ1) is 8.76. The fourth-order valence-corrected chi connectivity index (χ4v) is 1.51. The quantitative estimate of drug-likeness (QED) is 0.809. The van der Waals surface area contributed by atoms with Crippen molar-refractivity contribution in [2.24, 2.45) is 7.05 Å². The molecule has 0 N–H and O–H groups in total. The minimum atomic E-state index is 0.215. The van der Waals surface area contributed by atoms with Crippen LogP contribution in [-0.4, -0.2) is 22.1 Å². The number of aryl methyl sites for hydroxylation is 1. The van der Waals surface area contributed by atoms with Crippen LogP contribution >= 0.6 is 0 Å².